The first-order chi connectivity index (χ1) is 8.07. The van der Waals surface area contributed by atoms with E-state index in [0.717, 1.165) is 6.29 Å². The van der Waals surface area contributed by atoms with Gasteiger partial charge in [-0.2, -0.15) is 0 Å². The van der Waals surface area contributed by atoms with Crippen molar-refractivity contribution >= 4 is 6.29 Å². The van der Waals surface area contributed by atoms with Crippen LogP contribution in [0.2, 0.25) is 0 Å². The van der Waals surface area contributed by atoms with E-state index in [4.69, 9.17) is 18.9 Å². The first-order valence-corrected chi connectivity index (χ1v) is 6.24. The smallest absolute Gasteiger partial charge is 0.176 e. The maximum atomic E-state index is 11.4. The predicted molar refractivity (Wildman–Crippen MR) is 52.2 cm³/mol. The van der Waals surface area contributed by atoms with E-state index in [1.54, 1.807) is 0 Å². The van der Waals surface area contributed by atoms with E-state index in [-0.39, 0.29) is 42.2 Å². The van der Waals surface area contributed by atoms with Crippen molar-refractivity contribution in [3.63, 3.8) is 0 Å². The zero-order chi connectivity index (χ0) is 11.6. The highest BCUT2D eigenvalue weighted by Gasteiger charge is 2.82. The fourth-order valence-electron chi connectivity index (χ4n) is 5.19. The molecule has 5 heteroatoms. The SMILES string of the molecule is C[C@]12O[C@@H]3O[C@H]4O[C@@](C)(O1)C1C2C3C4[C@H]1C=O. The van der Waals surface area contributed by atoms with Crippen LogP contribution >= 0.6 is 0 Å². The van der Waals surface area contributed by atoms with Gasteiger partial charge in [-0.1, -0.05) is 0 Å². The van der Waals surface area contributed by atoms with Gasteiger partial charge in [0.1, 0.15) is 6.29 Å². The molecule has 92 valence electrons. The summed E-state index contributed by atoms with van der Waals surface area (Å²) < 4.78 is 23.7. The summed E-state index contributed by atoms with van der Waals surface area (Å²) in [5.74, 6) is -0.622. The maximum Gasteiger partial charge on any atom is 0.176 e. The number of hydrogen-bond acceptors (Lipinski definition) is 5. The first-order valence-electron chi connectivity index (χ1n) is 6.24. The third-order valence-electron chi connectivity index (χ3n) is 5.48. The molecule has 0 aromatic heterocycles. The van der Waals surface area contributed by atoms with Gasteiger partial charge in [-0.25, -0.2) is 0 Å². The highest BCUT2D eigenvalue weighted by Crippen LogP contribution is 2.73. The van der Waals surface area contributed by atoms with Gasteiger partial charge in [0.25, 0.3) is 0 Å². The van der Waals surface area contributed by atoms with Gasteiger partial charge in [0.15, 0.2) is 24.2 Å². The summed E-state index contributed by atoms with van der Waals surface area (Å²) in [5, 5.41) is 0. The number of carbonyl (C=O) groups excluding carboxylic acids is 1. The quantitative estimate of drug-likeness (QED) is 0.622. The fraction of sp³-hybridized carbons (Fsp3) is 0.917. The topological polar surface area (TPSA) is 54.0 Å². The van der Waals surface area contributed by atoms with E-state index in [1.807, 2.05) is 13.8 Å². The van der Waals surface area contributed by atoms with E-state index >= 15 is 0 Å². The lowest BCUT2D eigenvalue weighted by Crippen LogP contribution is -2.52. The Morgan fingerprint density at radius 1 is 1.00 bits per heavy atom. The van der Waals surface area contributed by atoms with Gasteiger partial charge < -0.3 is 23.7 Å². The van der Waals surface area contributed by atoms with Gasteiger partial charge in [0.05, 0.1) is 0 Å². The molecule has 5 rings (SSSR count). The average molecular weight is 238 g/mol. The monoisotopic (exact) mass is 238 g/mol. The normalized spacial score (nSPS) is 73.6. The molecular formula is C12H14O5. The summed E-state index contributed by atoms with van der Waals surface area (Å²) in [6.45, 7) is 3.86. The molecule has 4 aliphatic heterocycles. The molecule has 4 heterocycles. The molecule has 0 aromatic rings. The lowest BCUT2D eigenvalue weighted by Gasteiger charge is -2.43. The predicted octanol–water partition coefficient (Wildman–Crippen LogP) is 0.485. The minimum Gasteiger partial charge on any atom is -0.323 e. The Labute approximate surface area is 98.3 Å². The number of rotatable bonds is 1. The second-order valence-electron chi connectivity index (χ2n) is 6.16. The number of ether oxygens (including phenoxy) is 4. The van der Waals surface area contributed by atoms with Gasteiger partial charge in [0.2, 0.25) is 0 Å². The molecule has 4 saturated heterocycles. The molecule has 1 saturated carbocycles. The van der Waals surface area contributed by atoms with Gasteiger partial charge in [-0.05, 0) is 13.8 Å². The van der Waals surface area contributed by atoms with Gasteiger partial charge in [-0.15, -0.1) is 0 Å². The zero-order valence-corrected chi connectivity index (χ0v) is 9.66. The zero-order valence-electron chi connectivity index (χ0n) is 9.66. The molecule has 1 aliphatic carbocycles. The van der Waals surface area contributed by atoms with Crippen LogP contribution in [0.15, 0.2) is 0 Å². The minimum absolute atomic E-state index is 0.00975. The van der Waals surface area contributed by atoms with Crippen LogP contribution in [0.25, 0.3) is 0 Å². The molecule has 5 aliphatic rings. The van der Waals surface area contributed by atoms with E-state index in [2.05, 4.69) is 0 Å². The summed E-state index contributed by atoms with van der Waals surface area (Å²) in [4.78, 5) is 11.4. The van der Waals surface area contributed by atoms with Crippen LogP contribution in [-0.2, 0) is 23.7 Å². The largest absolute Gasteiger partial charge is 0.323 e. The Morgan fingerprint density at radius 3 is 2.35 bits per heavy atom. The first kappa shape index (κ1) is 9.44. The van der Waals surface area contributed by atoms with Gasteiger partial charge in [0, 0.05) is 29.6 Å². The Hall–Kier alpha value is -0.490. The Balaban J connectivity index is 1.79. The minimum atomic E-state index is -0.730. The third kappa shape index (κ3) is 0.748. The van der Waals surface area contributed by atoms with E-state index in [9.17, 15) is 4.79 Å². The summed E-state index contributed by atoms with van der Waals surface area (Å²) in [6, 6.07) is 0. The van der Waals surface area contributed by atoms with Crippen molar-refractivity contribution in [2.75, 3.05) is 0 Å². The molecule has 0 N–H and O–H groups in total. The Bertz CT molecular complexity index is 439. The van der Waals surface area contributed by atoms with E-state index in [0.29, 0.717) is 0 Å². The van der Waals surface area contributed by atoms with Crippen molar-refractivity contribution < 1.29 is 23.7 Å². The van der Waals surface area contributed by atoms with Crippen LogP contribution in [0.4, 0.5) is 0 Å². The van der Waals surface area contributed by atoms with Crippen molar-refractivity contribution in [3.8, 4) is 0 Å². The van der Waals surface area contributed by atoms with Crippen molar-refractivity contribution in [1.29, 1.82) is 0 Å². The van der Waals surface area contributed by atoms with Crippen LogP contribution in [-0.4, -0.2) is 30.4 Å². The molecule has 2 bridgehead atoms. The Kier molecular flexibility index (Phi) is 1.29. The second kappa shape index (κ2) is 2.32. The van der Waals surface area contributed by atoms with Crippen molar-refractivity contribution in [2.45, 2.75) is 38.0 Å². The summed E-state index contributed by atoms with van der Waals surface area (Å²) in [5.41, 5.74) is 0. The summed E-state index contributed by atoms with van der Waals surface area (Å²) >= 11 is 0. The summed E-state index contributed by atoms with van der Waals surface area (Å²) in [6.07, 6.45) is 0.482. The highest BCUT2D eigenvalue weighted by molar-refractivity contribution is 5.58. The van der Waals surface area contributed by atoms with E-state index in [1.165, 1.54) is 0 Å². The molecule has 0 aromatic carbocycles. The molecule has 0 radical (unpaired) electrons. The lowest BCUT2D eigenvalue weighted by molar-refractivity contribution is -0.416. The number of carbonyl (C=O) groups is 1. The van der Waals surface area contributed by atoms with E-state index < -0.39 is 11.6 Å². The van der Waals surface area contributed by atoms with Crippen LogP contribution in [0.5, 0.6) is 0 Å². The number of aldehydes is 1. The van der Waals surface area contributed by atoms with Crippen molar-refractivity contribution in [2.24, 2.45) is 29.6 Å². The fourth-order valence-corrected chi connectivity index (χ4v) is 5.19. The van der Waals surface area contributed by atoms with Crippen molar-refractivity contribution in [1.82, 2.24) is 0 Å². The van der Waals surface area contributed by atoms with Crippen LogP contribution in [0, 0.1) is 29.6 Å². The standard InChI is InChI=1S/C12H14O5/c1-11-7-4(3-13)5-6-8(7)12(2,17-11)16-10(6)14-9(5)15-11/h3-10H,1-2H3/t4-,5?,6?,7?,8?,9+,10+,11+,12+/m1/s1. The molecular weight excluding hydrogens is 224 g/mol. The third-order valence-corrected chi connectivity index (χ3v) is 5.48. The molecule has 0 spiro atoms. The van der Waals surface area contributed by atoms with Crippen molar-refractivity contribution in [3.05, 3.63) is 0 Å². The maximum absolute atomic E-state index is 11.4. The average Bonchev–Trinajstić information content (AvgIpc) is 2.83. The molecule has 17 heavy (non-hydrogen) atoms. The molecule has 5 nitrogen and oxygen atoms in total. The van der Waals surface area contributed by atoms with Crippen LogP contribution in [0.3, 0.4) is 0 Å². The molecule has 5 fully saturated rings. The highest BCUT2D eigenvalue weighted by atomic mass is 16.9. The summed E-state index contributed by atoms with van der Waals surface area (Å²) in [7, 11) is 0. The second-order valence-corrected chi connectivity index (χ2v) is 6.16. The van der Waals surface area contributed by atoms with Crippen LogP contribution < -0.4 is 0 Å². The number of hydrogen-bond donors (Lipinski definition) is 0. The molecule has 0 amide bonds. The van der Waals surface area contributed by atoms with Gasteiger partial charge >= 0.3 is 0 Å². The van der Waals surface area contributed by atoms with Gasteiger partial charge in [-0.3, -0.25) is 0 Å². The lowest BCUT2D eigenvalue weighted by atomic mass is 9.80. The van der Waals surface area contributed by atoms with Crippen LogP contribution in [0.1, 0.15) is 13.8 Å². The Morgan fingerprint density at radius 2 is 1.65 bits per heavy atom. The molecule has 4 unspecified atom stereocenters. The molecule has 9 atom stereocenters.